The van der Waals surface area contributed by atoms with E-state index in [0.717, 1.165) is 22.4 Å². The number of nitrogens with one attached hydrogen (secondary N) is 1. The first-order chi connectivity index (χ1) is 10.9. The quantitative estimate of drug-likeness (QED) is 0.671. The van der Waals surface area contributed by atoms with Gasteiger partial charge >= 0.3 is 5.97 Å². The molecule has 0 aliphatic heterocycles. The number of ether oxygens (including phenoxy) is 1. The molecule has 2 rings (SSSR count). The van der Waals surface area contributed by atoms with E-state index in [1.807, 2.05) is 32.0 Å². The number of para-hydroxylation sites is 2. The monoisotopic (exact) mass is 312 g/mol. The molecule has 0 saturated heterocycles. The predicted octanol–water partition coefficient (Wildman–Crippen LogP) is 2.99. The molecule has 0 unspecified atom stereocenters. The smallest absolute Gasteiger partial charge is 0.340 e. The molecule has 0 aromatic heterocycles. The summed E-state index contributed by atoms with van der Waals surface area (Å²) in [5, 5.41) is 2.76. The SMILES string of the molecule is Cc1cccc(C(=O)OCC(=O)Nc2c(C)cccc2C)c1N. The molecule has 0 atom stereocenters. The highest BCUT2D eigenvalue weighted by Gasteiger charge is 2.15. The zero-order valence-electron chi connectivity index (χ0n) is 13.5. The molecular weight excluding hydrogens is 292 g/mol. The second-order valence-corrected chi connectivity index (χ2v) is 5.43. The maximum absolute atomic E-state index is 12.0. The maximum Gasteiger partial charge on any atom is 0.340 e. The summed E-state index contributed by atoms with van der Waals surface area (Å²) in [6.45, 7) is 5.25. The van der Waals surface area contributed by atoms with Crippen molar-refractivity contribution in [1.82, 2.24) is 0 Å². The summed E-state index contributed by atoms with van der Waals surface area (Å²) >= 11 is 0. The van der Waals surface area contributed by atoms with E-state index >= 15 is 0 Å². The van der Waals surface area contributed by atoms with Crippen LogP contribution in [0.2, 0.25) is 0 Å². The number of nitrogen functional groups attached to an aromatic ring is 1. The van der Waals surface area contributed by atoms with E-state index in [1.54, 1.807) is 25.1 Å². The van der Waals surface area contributed by atoms with Crippen molar-refractivity contribution in [2.45, 2.75) is 20.8 Å². The van der Waals surface area contributed by atoms with Gasteiger partial charge in [-0.1, -0.05) is 30.3 Å². The van der Waals surface area contributed by atoms with E-state index < -0.39 is 5.97 Å². The Morgan fingerprint density at radius 3 is 2.22 bits per heavy atom. The van der Waals surface area contributed by atoms with Crippen LogP contribution in [-0.2, 0) is 9.53 Å². The van der Waals surface area contributed by atoms with E-state index in [9.17, 15) is 9.59 Å². The fourth-order valence-electron chi connectivity index (χ4n) is 2.25. The lowest BCUT2D eigenvalue weighted by molar-refractivity contribution is -0.119. The Labute approximate surface area is 135 Å². The molecule has 2 aromatic carbocycles. The number of rotatable bonds is 4. The van der Waals surface area contributed by atoms with Crippen molar-refractivity contribution < 1.29 is 14.3 Å². The Bertz CT molecular complexity index is 734. The molecule has 0 bridgehead atoms. The highest BCUT2D eigenvalue weighted by Crippen LogP contribution is 2.20. The van der Waals surface area contributed by atoms with Gasteiger partial charge < -0.3 is 15.8 Å². The number of hydrogen-bond acceptors (Lipinski definition) is 4. The molecule has 1 amide bonds. The molecule has 2 aromatic rings. The second kappa shape index (κ2) is 6.96. The Balaban J connectivity index is 1.99. The van der Waals surface area contributed by atoms with Crippen LogP contribution in [0.5, 0.6) is 0 Å². The third-order valence-electron chi connectivity index (χ3n) is 3.62. The molecule has 0 aliphatic carbocycles. The number of anilines is 2. The van der Waals surface area contributed by atoms with Crippen LogP contribution in [0.25, 0.3) is 0 Å². The van der Waals surface area contributed by atoms with Crippen molar-refractivity contribution in [3.8, 4) is 0 Å². The summed E-state index contributed by atoms with van der Waals surface area (Å²) in [5.41, 5.74) is 9.92. The number of carbonyl (C=O) groups excluding carboxylic acids is 2. The second-order valence-electron chi connectivity index (χ2n) is 5.43. The van der Waals surface area contributed by atoms with Crippen molar-refractivity contribution >= 4 is 23.3 Å². The van der Waals surface area contributed by atoms with Crippen molar-refractivity contribution in [3.05, 3.63) is 58.7 Å². The molecule has 5 heteroatoms. The lowest BCUT2D eigenvalue weighted by atomic mass is 10.1. The average Bonchev–Trinajstić information content (AvgIpc) is 2.51. The molecule has 120 valence electrons. The lowest BCUT2D eigenvalue weighted by Crippen LogP contribution is -2.22. The number of hydrogen-bond donors (Lipinski definition) is 2. The van der Waals surface area contributed by atoms with Gasteiger partial charge in [-0.25, -0.2) is 4.79 Å². The van der Waals surface area contributed by atoms with E-state index in [2.05, 4.69) is 5.32 Å². The Morgan fingerprint density at radius 1 is 1.00 bits per heavy atom. The molecular formula is C18H20N2O3. The predicted molar refractivity (Wildman–Crippen MR) is 90.4 cm³/mol. The molecule has 5 nitrogen and oxygen atoms in total. The topological polar surface area (TPSA) is 81.4 Å². The minimum Gasteiger partial charge on any atom is -0.452 e. The molecule has 23 heavy (non-hydrogen) atoms. The number of nitrogens with two attached hydrogens (primary N) is 1. The average molecular weight is 312 g/mol. The van der Waals surface area contributed by atoms with Crippen molar-refractivity contribution in [3.63, 3.8) is 0 Å². The summed E-state index contributed by atoms with van der Waals surface area (Å²) in [6, 6.07) is 10.8. The minimum absolute atomic E-state index is 0.268. The summed E-state index contributed by atoms with van der Waals surface area (Å²) in [7, 11) is 0. The molecule has 0 aliphatic rings. The van der Waals surface area contributed by atoms with Crippen LogP contribution in [0.4, 0.5) is 11.4 Å². The lowest BCUT2D eigenvalue weighted by Gasteiger charge is -2.12. The van der Waals surface area contributed by atoms with Gasteiger partial charge in [0.1, 0.15) is 0 Å². The zero-order chi connectivity index (χ0) is 17.0. The van der Waals surface area contributed by atoms with Gasteiger partial charge in [0.2, 0.25) is 0 Å². The number of carbonyl (C=O) groups is 2. The molecule has 0 saturated carbocycles. The van der Waals surface area contributed by atoms with Crippen molar-refractivity contribution in [2.75, 3.05) is 17.7 Å². The summed E-state index contributed by atoms with van der Waals surface area (Å²) in [4.78, 5) is 24.0. The van der Waals surface area contributed by atoms with Crippen LogP contribution >= 0.6 is 0 Å². The first-order valence-electron chi connectivity index (χ1n) is 7.28. The van der Waals surface area contributed by atoms with Gasteiger partial charge in [0.25, 0.3) is 5.91 Å². The zero-order valence-corrected chi connectivity index (χ0v) is 13.5. The van der Waals surface area contributed by atoms with E-state index in [4.69, 9.17) is 10.5 Å². The van der Waals surface area contributed by atoms with Crippen molar-refractivity contribution in [2.24, 2.45) is 0 Å². The third kappa shape index (κ3) is 3.88. The fraction of sp³-hybridized carbons (Fsp3) is 0.222. The fourth-order valence-corrected chi connectivity index (χ4v) is 2.25. The van der Waals surface area contributed by atoms with Crippen LogP contribution in [0.15, 0.2) is 36.4 Å². The Kier molecular flexibility index (Phi) is 5.01. The van der Waals surface area contributed by atoms with Crippen molar-refractivity contribution in [1.29, 1.82) is 0 Å². The highest BCUT2D eigenvalue weighted by molar-refractivity contribution is 5.99. The Hall–Kier alpha value is -2.82. The molecule has 3 N–H and O–H groups in total. The maximum atomic E-state index is 12.0. The van der Waals surface area contributed by atoms with E-state index in [0.29, 0.717) is 5.69 Å². The van der Waals surface area contributed by atoms with Gasteiger partial charge in [0.15, 0.2) is 6.61 Å². The molecule has 0 heterocycles. The number of esters is 1. The van der Waals surface area contributed by atoms with Crippen LogP contribution in [0.1, 0.15) is 27.0 Å². The number of benzene rings is 2. The molecule has 0 spiro atoms. The van der Waals surface area contributed by atoms with Crippen LogP contribution < -0.4 is 11.1 Å². The van der Waals surface area contributed by atoms with Gasteiger partial charge in [-0.2, -0.15) is 0 Å². The van der Waals surface area contributed by atoms with Gasteiger partial charge in [0.05, 0.1) is 5.56 Å². The van der Waals surface area contributed by atoms with E-state index in [-0.39, 0.29) is 18.1 Å². The van der Waals surface area contributed by atoms with Gasteiger partial charge in [-0.15, -0.1) is 0 Å². The first-order valence-corrected chi connectivity index (χ1v) is 7.28. The largest absolute Gasteiger partial charge is 0.452 e. The number of aryl methyl sites for hydroxylation is 3. The van der Waals surface area contributed by atoms with E-state index in [1.165, 1.54) is 0 Å². The third-order valence-corrected chi connectivity index (χ3v) is 3.62. The van der Waals surface area contributed by atoms with Crippen LogP contribution in [0, 0.1) is 20.8 Å². The Morgan fingerprint density at radius 2 is 1.57 bits per heavy atom. The normalized spacial score (nSPS) is 10.2. The van der Waals surface area contributed by atoms with Gasteiger partial charge in [-0.3, -0.25) is 4.79 Å². The molecule has 0 radical (unpaired) electrons. The van der Waals surface area contributed by atoms with Crippen LogP contribution in [0.3, 0.4) is 0 Å². The van der Waals surface area contributed by atoms with Crippen LogP contribution in [-0.4, -0.2) is 18.5 Å². The van der Waals surface area contributed by atoms with Gasteiger partial charge in [-0.05, 0) is 43.5 Å². The number of amides is 1. The minimum atomic E-state index is -0.608. The standard InChI is InChI=1S/C18H20N2O3/c1-11-6-5-9-14(16(11)19)18(22)23-10-15(21)20-17-12(2)7-4-8-13(17)3/h4-9H,10,19H2,1-3H3,(H,20,21). The summed E-state index contributed by atoms with van der Waals surface area (Å²) in [6.07, 6.45) is 0. The summed E-state index contributed by atoms with van der Waals surface area (Å²) in [5.74, 6) is -0.996. The van der Waals surface area contributed by atoms with Gasteiger partial charge in [0, 0.05) is 11.4 Å². The summed E-state index contributed by atoms with van der Waals surface area (Å²) < 4.78 is 5.05. The molecule has 0 fully saturated rings. The first kappa shape index (κ1) is 16.5. The highest BCUT2D eigenvalue weighted by atomic mass is 16.5.